The number of nitrogens with zero attached hydrogens (tertiary/aromatic N) is 4. The molecule has 3 heterocycles. The van der Waals surface area contributed by atoms with Gasteiger partial charge in [-0.3, -0.25) is 0 Å². The first-order valence-corrected chi connectivity index (χ1v) is 9.60. The largest absolute Gasteiger partial charge is 0.367 e. The van der Waals surface area contributed by atoms with Crippen molar-refractivity contribution < 1.29 is 13.2 Å². The molecule has 1 aromatic rings. The molecule has 0 radical (unpaired) electrons. The summed E-state index contributed by atoms with van der Waals surface area (Å²) < 4.78 is 32.4. The molecule has 7 nitrogen and oxygen atoms in total. The van der Waals surface area contributed by atoms with Crippen LogP contribution in [0.5, 0.6) is 0 Å². The lowest BCUT2D eigenvalue weighted by Gasteiger charge is -2.19. The van der Waals surface area contributed by atoms with Crippen LogP contribution in [0.15, 0.2) is 12.3 Å². The summed E-state index contributed by atoms with van der Waals surface area (Å²) in [6, 6.07) is 1.89. The molecule has 0 aromatic carbocycles. The molecule has 23 heavy (non-hydrogen) atoms. The molecule has 0 N–H and O–H groups in total. The topological polar surface area (TPSA) is 75.6 Å². The van der Waals surface area contributed by atoms with E-state index in [1.165, 1.54) is 0 Å². The van der Waals surface area contributed by atoms with E-state index in [-0.39, 0.29) is 23.4 Å². The van der Waals surface area contributed by atoms with Crippen molar-refractivity contribution in [2.75, 3.05) is 32.1 Å². The molecule has 0 spiro atoms. The van der Waals surface area contributed by atoms with Crippen molar-refractivity contribution in [3.05, 3.63) is 18.0 Å². The van der Waals surface area contributed by atoms with Gasteiger partial charge in [-0.25, -0.2) is 18.4 Å². The average molecular weight is 338 g/mol. The SMILES string of the molecule is CN(C)c1nccc([C@@H]2C[C@H]3CN(S(=O)(=O)C4CC4)C[C@H]3O2)n1. The molecule has 8 heteroatoms. The monoisotopic (exact) mass is 338 g/mol. The molecule has 0 bridgehead atoms. The molecule has 0 unspecified atom stereocenters. The Hall–Kier alpha value is -1.25. The first kappa shape index (κ1) is 15.3. The van der Waals surface area contributed by atoms with Gasteiger partial charge in [0.15, 0.2) is 0 Å². The third kappa shape index (κ3) is 2.72. The highest BCUT2D eigenvalue weighted by Gasteiger charge is 2.49. The Morgan fingerprint density at radius 3 is 2.74 bits per heavy atom. The summed E-state index contributed by atoms with van der Waals surface area (Å²) >= 11 is 0. The molecule has 3 fully saturated rings. The summed E-state index contributed by atoms with van der Waals surface area (Å²) in [5, 5.41) is -0.137. The summed E-state index contributed by atoms with van der Waals surface area (Å²) in [4.78, 5) is 10.6. The van der Waals surface area contributed by atoms with E-state index < -0.39 is 10.0 Å². The highest BCUT2D eigenvalue weighted by Crippen LogP contribution is 2.43. The second-order valence-electron chi connectivity index (χ2n) is 6.90. The quantitative estimate of drug-likeness (QED) is 0.808. The number of anilines is 1. The van der Waals surface area contributed by atoms with Gasteiger partial charge in [-0.1, -0.05) is 0 Å². The predicted molar refractivity (Wildman–Crippen MR) is 85.6 cm³/mol. The van der Waals surface area contributed by atoms with E-state index in [9.17, 15) is 8.42 Å². The first-order chi connectivity index (χ1) is 10.9. The molecule has 1 aliphatic carbocycles. The summed E-state index contributed by atoms with van der Waals surface area (Å²) in [5.41, 5.74) is 0.884. The van der Waals surface area contributed by atoms with Gasteiger partial charge in [0.1, 0.15) is 6.10 Å². The fourth-order valence-corrected chi connectivity index (χ4v) is 5.36. The smallest absolute Gasteiger partial charge is 0.225 e. The van der Waals surface area contributed by atoms with Crippen LogP contribution in [-0.4, -0.2) is 61.2 Å². The minimum absolute atomic E-state index is 0.00806. The van der Waals surface area contributed by atoms with Gasteiger partial charge >= 0.3 is 0 Å². The maximum atomic E-state index is 12.3. The lowest BCUT2D eigenvalue weighted by atomic mass is 10.0. The highest BCUT2D eigenvalue weighted by atomic mass is 32.2. The maximum absolute atomic E-state index is 12.3. The number of sulfonamides is 1. The second-order valence-corrected chi connectivity index (χ2v) is 9.11. The van der Waals surface area contributed by atoms with Gasteiger partial charge < -0.3 is 9.64 Å². The van der Waals surface area contributed by atoms with Crippen LogP contribution in [0.2, 0.25) is 0 Å². The maximum Gasteiger partial charge on any atom is 0.225 e. The third-order valence-electron chi connectivity index (χ3n) is 4.90. The predicted octanol–water partition coefficient (Wildman–Crippen LogP) is 0.797. The molecule has 3 aliphatic rings. The molecule has 0 amide bonds. The molecular formula is C15H22N4O3S. The fourth-order valence-electron chi connectivity index (χ4n) is 3.46. The van der Waals surface area contributed by atoms with Crippen molar-refractivity contribution in [3.8, 4) is 0 Å². The minimum atomic E-state index is -3.09. The van der Waals surface area contributed by atoms with E-state index in [4.69, 9.17) is 4.74 Å². The van der Waals surface area contributed by atoms with E-state index in [0.717, 1.165) is 25.0 Å². The number of hydrogen-bond acceptors (Lipinski definition) is 6. The van der Waals surface area contributed by atoms with Crippen molar-refractivity contribution in [1.29, 1.82) is 0 Å². The van der Waals surface area contributed by atoms with Crippen LogP contribution in [0.1, 0.15) is 31.1 Å². The van der Waals surface area contributed by atoms with E-state index in [1.54, 1.807) is 10.5 Å². The fraction of sp³-hybridized carbons (Fsp3) is 0.733. The Kier molecular flexibility index (Phi) is 3.58. The van der Waals surface area contributed by atoms with Gasteiger partial charge in [0.05, 0.1) is 17.0 Å². The Bertz CT molecular complexity index is 690. The summed E-state index contributed by atoms with van der Waals surface area (Å²) in [7, 11) is 0.727. The van der Waals surface area contributed by atoms with Crippen LogP contribution in [0.3, 0.4) is 0 Å². The number of rotatable bonds is 4. The summed E-state index contributed by atoms with van der Waals surface area (Å²) in [5.74, 6) is 0.937. The van der Waals surface area contributed by atoms with Crippen molar-refractivity contribution in [2.45, 2.75) is 36.7 Å². The van der Waals surface area contributed by atoms with Crippen LogP contribution < -0.4 is 4.90 Å². The summed E-state index contributed by atoms with van der Waals surface area (Å²) in [6.45, 7) is 1.08. The standard InChI is InChI=1S/C15H22N4O3S/c1-18(2)15-16-6-5-12(17-15)13-7-10-8-19(9-14(10)22-13)23(20,21)11-3-4-11/h5-6,10-11,13-14H,3-4,7-9H2,1-2H3/t10-,13-,14+/m0/s1. The Balaban J connectivity index is 1.45. The third-order valence-corrected chi connectivity index (χ3v) is 7.23. The number of hydrogen-bond donors (Lipinski definition) is 0. The van der Waals surface area contributed by atoms with Crippen LogP contribution in [0.25, 0.3) is 0 Å². The number of fused-ring (bicyclic) bond motifs is 1. The van der Waals surface area contributed by atoms with Crippen LogP contribution in [0.4, 0.5) is 5.95 Å². The zero-order valence-corrected chi connectivity index (χ0v) is 14.2. The van der Waals surface area contributed by atoms with Crippen molar-refractivity contribution in [1.82, 2.24) is 14.3 Å². The molecule has 126 valence electrons. The normalized spacial score (nSPS) is 31.3. The first-order valence-electron chi connectivity index (χ1n) is 8.10. The van der Waals surface area contributed by atoms with Crippen LogP contribution in [0, 0.1) is 5.92 Å². The molecule has 1 saturated carbocycles. The van der Waals surface area contributed by atoms with Gasteiger partial charge in [-0.05, 0) is 25.3 Å². The summed E-state index contributed by atoms with van der Waals surface area (Å²) in [6.07, 6.45) is 4.13. The van der Waals surface area contributed by atoms with E-state index in [1.807, 2.05) is 25.1 Å². The average Bonchev–Trinajstić information content (AvgIpc) is 3.19. The molecule has 1 aromatic heterocycles. The van der Waals surface area contributed by atoms with Crippen LogP contribution in [-0.2, 0) is 14.8 Å². The van der Waals surface area contributed by atoms with Gasteiger partial charge in [0.2, 0.25) is 16.0 Å². The lowest BCUT2D eigenvalue weighted by Crippen LogP contribution is -2.33. The molecule has 3 atom stereocenters. The number of aromatic nitrogens is 2. The molecule has 2 saturated heterocycles. The Morgan fingerprint density at radius 1 is 1.30 bits per heavy atom. The second kappa shape index (κ2) is 5.39. The van der Waals surface area contributed by atoms with Crippen LogP contribution >= 0.6 is 0 Å². The zero-order chi connectivity index (χ0) is 16.2. The minimum Gasteiger partial charge on any atom is -0.367 e. The van der Waals surface area contributed by atoms with Gasteiger partial charge in [-0.2, -0.15) is 4.31 Å². The molecule has 4 rings (SSSR count). The molecular weight excluding hydrogens is 316 g/mol. The van der Waals surface area contributed by atoms with Gasteiger partial charge in [0.25, 0.3) is 0 Å². The van der Waals surface area contributed by atoms with Gasteiger partial charge in [0, 0.05) is 39.3 Å². The van der Waals surface area contributed by atoms with E-state index >= 15 is 0 Å². The zero-order valence-electron chi connectivity index (χ0n) is 13.4. The van der Waals surface area contributed by atoms with Gasteiger partial charge in [-0.15, -0.1) is 0 Å². The number of ether oxygens (including phenoxy) is 1. The highest BCUT2D eigenvalue weighted by molar-refractivity contribution is 7.90. The van der Waals surface area contributed by atoms with Crippen molar-refractivity contribution in [2.24, 2.45) is 5.92 Å². The Morgan fingerprint density at radius 2 is 2.09 bits per heavy atom. The van der Waals surface area contributed by atoms with E-state index in [0.29, 0.717) is 19.0 Å². The van der Waals surface area contributed by atoms with E-state index in [2.05, 4.69) is 9.97 Å². The lowest BCUT2D eigenvalue weighted by molar-refractivity contribution is 0.0408. The van der Waals surface area contributed by atoms with Crippen molar-refractivity contribution >= 4 is 16.0 Å². The van der Waals surface area contributed by atoms with Crippen molar-refractivity contribution in [3.63, 3.8) is 0 Å². The Labute approximate surface area is 136 Å². The molecule has 2 aliphatic heterocycles.